The summed E-state index contributed by atoms with van der Waals surface area (Å²) in [7, 11) is 0. The SMILES string of the molecule is Cc1ccc2c(N3CCNCC3)ccc(C(=O)Nc3cc(F)c4nc(C)cn4c3)c2n1. The Morgan fingerprint density at radius 2 is 1.87 bits per heavy atom. The second kappa shape index (κ2) is 7.63. The number of amides is 1. The largest absolute Gasteiger partial charge is 0.368 e. The van der Waals surface area contributed by atoms with E-state index in [9.17, 15) is 9.18 Å². The number of pyridine rings is 2. The number of hydrogen-bond donors (Lipinski definition) is 2. The van der Waals surface area contributed by atoms with E-state index in [1.165, 1.54) is 6.07 Å². The zero-order valence-electron chi connectivity index (χ0n) is 17.4. The number of anilines is 2. The van der Waals surface area contributed by atoms with E-state index in [4.69, 9.17) is 0 Å². The van der Waals surface area contributed by atoms with Crippen LogP contribution in [0, 0.1) is 19.7 Å². The molecule has 8 heteroatoms. The van der Waals surface area contributed by atoms with Gasteiger partial charge in [-0.15, -0.1) is 0 Å². The molecule has 1 saturated heterocycles. The van der Waals surface area contributed by atoms with Crippen molar-refractivity contribution >= 4 is 33.8 Å². The minimum Gasteiger partial charge on any atom is -0.368 e. The van der Waals surface area contributed by atoms with Gasteiger partial charge in [-0.2, -0.15) is 0 Å². The summed E-state index contributed by atoms with van der Waals surface area (Å²) in [5.74, 6) is -0.815. The van der Waals surface area contributed by atoms with Crippen LogP contribution in [0.5, 0.6) is 0 Å². The normalized spacial score (nSPS) is 14.4. The van der Waals surface area contributed by atoms with Gasteiger partial charge in [0.25, 0.3) is 5.91 Å². The van der Waals surface area contributed by atoms with E-state index in [2.05, 4.69) is 25.5 Å². The topological polar surface area (TPSA) is 74.6 Å². The van der Waals surface area contributed by atoms with Gasteiger partial charge in [-0.05, 0) is 38.1 Å². The van der Waals surface area contributed by atoms with Crippen LogP contribution in [0.4, 0.5) is 15.8 Å². The van der Waals surface area contributed by atoms with Crippen LogP contribution in [0.15, 0.2) is 42.7 Å². The molecule has 1 aromatic carbocycles. The molecule has 0 bridgehead atoms. The highest BCUT2D eigenvalue weighted by atomic mass is 19.1. The first kappa shape index (κ1) is 19.4. The molecule has 5 rings (SSSR count). The maximum Gasteiger partial charge on any atom is 0.257 e. The number of aromatic nitrogens is 3. The van der Waals surface area contributed by atoms with Crippen molar-refractivity contribution in [2.75, 3.05) is 36.4 Å². The fraction of sp³-hybridized carbons (Fsp3) is 0.261. The van der Waals surface area contributed by atoms with Crippen molar-refractivity contribution in [2.24, 2.45) is 0 Å². The van der Waals surface area contributed by atoms with Gasteiger partial charge >= 0.3 is 0 Å². The van der Waals surface area contributed by atoms with E-state index in [0.29, 0.717) is 22.5 Å². The summed E-state index contributed by atoms with van der Waals surface area (Å²) in [6, 6.07) is 9.04. The zero-order valence-corrected chi connectivity index (χ0v) is 17.4. The molecule has 158 valence electrons. The molecule has 3 aromatic heterocycles. The molecular weight excluding hydrogens is 395 g/mol. The average Bonchev–Trinajstić information content (AvgIpc) is 3.14. The predicted octanol–water partition coefficient (Wildman–Crippen LogP) is 3.30. The molecule has 1 aliphatic rings. The van der Waals surface area contributed by atoms with Crippen molar-refractivity contribution in [3.05, 3.63) is 65.5 Å². The number of nitrogens with one attached hydrogen (secondary N) is 2. The van der Waals surface area contributed by atoms with E-state index in [1.54, 1.807) is 29.8 Å². The summed E-state index contributed by atoms with van der Waals surface area (Å²) in [5, 5.41) is 7.12. The Balaban J connectivity index is 1.53. The van der Waals surface area contributed by atoms with E-state index in [1.807, 2.05) is 25.1 Å². The number of carbonyl (C=O) groups is 1. The number of halogens is 1. The Hall–Kier alpha value is -3.52. The van der Waals surface area contributed by atoms with Crippen LogP contribution in [0.3, 0.4) is 0 Å². The minimum atomic E-state index is -0.487. The highest BCUT2D eigenvalue weighted by Crippen LogP contribution is 2.30. The Bertz CT molecular complexity index is 1310. The van der Waals surface area contributed by atoms with E-state index in [0.717, 1.165) is 42.9 Å². The number of benzene rings is 1. The third-order valence-corrected chi connectivity index (χ3v) is 5.56. The molecule has 0 aliphatic carbocycles. The molecule has 0 atom stereocenters. The number of hydrogen-bond acceptors (Lipinski definition) is 5. The average molecular weight is 418 g/mol. The van der Waals surface area contributed by atoms with Crippen LogP contribution in [-0.4, -0.2) is 46.5 Å². The number of aryl methyl sites for hydroxylation is 2. The van der Waals surface area contributed by atoms with Crippen LogP contribution in [0.2, 0.25) is 0 Å². The van der Waals surface area contributed by atoms with Gasteiger partial charge in [0, 0.05) is 61.4 Å². The molecule has 0 radical (unpaired) electrons. The molecule has 31 heavy (non-hydrogen) atoms. The lowest BCUT2D eigenvalue weighted by molar-refractivity contribution is 0.102. The summed E-state index contributed by atoms with van der Waals surface area (Å²) in [4.78, 5) is 24.3. The Kier molecular flexibility index (Phi) is 4.78. The molecule has 0 saturated carbocycles. The number of nitrogens with zero attached hydrogens (tertiary/aromatic N) is 4. The van der Waals surface area contributed by atoms with E-state index >= 15 is 0 Å². The molecule has 1 fully saturated rings. The smallest absolute Gasteiger partial charge is 0.257 e. The van der Waals surface area contributed by atoms with Crippen LogP contribution < -0.4 is 15.5 Å². The number of rotatable bonds is 3. The van der Waals surface area contributed by atoms with Crippen LogP contribution in [0.1, 0.15) is 21.7 Å². The molecule has 1 amide bonds. The van der Waals surface area contributed by atoms with Crippen LogP contribution in [0.25, 0.3) is 16.6 Å². The van der Waals surface area contributed by atoms with Crippen molar-refractivity contribution in [2.45, 2.75) is 13.8 Å². The van der Waals surface area contributed by atoms with Gasteiger partial charge in [0.1, 0.15) is 0 Å². The van der Waals surface area contributed by atoms with Gasteiger partial charge in [-0.1, -0.05) is 0 Å². The van der Waals surface area contributed by atoms with Crippen molar-refractivity contribution in [3.8, 4) is 0 Å². The summed E-state index contributed by atoms with van der Waals surface area (Å²) in [6.07, 6.45) is 3.38. The second-order valence-corrected chi connectivity index (χ2v) is 7.86. The Morgan fingerprint density at radius 1 is 1.06 bits per heavy atom. The number of imidazole rings is 1. The number of piperazine rings is 1. The lowest BCUT2D eigenvalue weighted by Crippen LogP contribution is -2.43. The summed E-state index contributed by atoms with van der Waals surface area (Å²) in [6.45, 7) is 7.35. The molecule has 4 heterocycles. The van der Waals surface area contributed by atoms with Crippen molar-refractivity contribution in [1.29, 1.82) is 0 Å². The molecule has 2 N–H and O–H groups in total. The summed E-state index contributed by atoms with van der Waals surface area (Å²) < 4.78 is 16.0. The maximum atomic E-state index is 14.4. The first-order valence-corrected chi connectivity index (χ1v) is 10.3. The highest BCUT2D eigenvalue weighted by molar-refractivity contribution is 6.14. The Labute approximate surface area is 178 Å². The molecule has 0 spiro atoms. The van der Waals surface area contributed by atoms with Crippen molar-refractivity contribution in [1.82, 2.24) is 19.7 Å². The van der Waals surface area contributed by atoms with Crippen LogP contribution >= 0.6 is 0 Å². The van der Waals surface area contributed by atoms with Gasteiger partial charge in [0.15, 0.2) is 11.5 Å². The van der Waals surface area contributed by atoms with E-state index in [-0.39, 0.29) is 11.6 Å². The standard InChI is InChI=1S/C23H23FN6O/c1-14-3-4-17-20(29-9-7-25-8-10-29)6-5-18(21(17)26-14)23(31)28-16-11-19(24)22-27-15(2)12-30(22)13-16/h3-6,11-13,25H,7-10H2,1-2H3,(H,28,31). The fourth-order valence-electron chi connectivity index (χ4n) is 4.11. The zero-order chi connectivity index (χ0) is 21.5. The number of fused-ring (bicyclic) bond motifs is 2. The monoisotopic (exact) mass is 418 g/mol. The summed E-state index contributed by atoms with van der Waals surface area (Å²) in [5.41, 5.74) is 4.31. The van der Waals surface area contributed by atoms with Gasteiger partial charge in [-0.25, -0.2) is 9.37 Å². The minimum absolute atomic E-state index is 0.235. The van der Waals surface area contributed by atoms with Gasteiger partial charge in [0.05, 0.1) is 22.5 Å². The second-order valence-electron chi connectivity index (χ2n) is 7.86. The molecule has 7 nitrogen and oxygen atoms in total. The first-order chi connectivity index (χ1) is 15.0. The highest BCUT2D eigenvalue weighted by Gasteiger charge is 2.19. The van der Waals surface area contributed by atoms with Crippen molar-refractivity contribution in [3.63, 3.8) is 0 Å². The first-order valence-electron chi connectivity index (χ1n) is 10.3. The molecule has 4 aromatic rings. The van der Waals surface area contributed by atoms with Gasteiger partial charge in [-0.3, -0.25) is 9.78 Å². The van der Waals surface area contributed by atoms with Crippen molar-refractivity contribution < 1.29 is 9.18 Å². The molecule has 1 aliphatic heterocycles. The predicted molar refractivity (Wildman–Crippen MR) is 119 cm³/mol. The summed E-state index contributed by atoms with van der Waals surface area (Å²) >= 11 is 0. The molecular formula is C23H23FN6O. The third-order valence-electron chi connectivity index (χ3n) is 5.56. The van der Waals surface area contributed by atoms with Gasteiger partial charge < -0.3 is 19.9 Å². The molecule has 0 unspecified atom stereocenters. The Morgan fingerprint density at radius 3 is 2.68 bits per heavy atom. The number of carbonyl (C=O) groups excluding carboxylic acids is 1. The van der Waals surface area contributed by atoms with E-state index < -0.39 is 5.82 Å². The lowest BCUT2D eigenvalue weighted by atomic mass is 10.0. The van der Waals surface area contributed by atoms with Gasteiger partial charge in [0.2, 0.25) is 0 Å². The van der Waals surface area contributed by atoms with Crippen LogP contribution in [-0.2, 0) is 0 Å². The fourth-order valence-corrected chi connectivity index (χ4v) is 4.11. The maximum absolute atomic E-state index is 14.4. The third kappa shape index (κ3) is 3.59. The lowest BCUT2D eigenvalue weighted by Gasteiger charge is -2.30. The quantitative estimate of drug-likeness (QED) is 0.534.